The van der Waals surface area contributed by atoms with Crippen molar-refractivity contribution in [2.45, 2.75) is 19.6 Å². The first-order valence-electron chi connectivity index (χ1n) is 9.58. The van der Waals surface area contributed by atoms with E-state index in [4.69, 9.17) is 11.6 Å². The number of carbonyl (C=O) groups is 2. The highest BCUT2D eigenvalue weighted by Crippen LogP contribution is 2.40. The lowest BCUT2D eigenvalue weighted by Crippen LogP contribution is -2.31. The molecule has 0 fully saturated rings. The van der Waals surface area contributed by atoms with Gasteiger partial charge in [-0.3, -0.25) is 9.59 Å². The number of carbonyl (C=O) groups excluding carboxylic acids is 2. The average Bonchev–Trinajstić information content (AvgIpc) is 2.98. The molecule has 3 aromatic rings. The number of amides is 2. The van der Waals surface area contributed by atoms with Crippen LogP contribution >= 0.6 is 23.4 Å². The predicted octanol–water partition coefficient (Wildman–Crippen LogP) is 6.17. The number of imide groups is 1. The van der Waals surface area contributed by atoms with Crippen LogP contribution in [0.2, 0.25) is 5.02 Å². The molecule has 4 rings (SSSR count). The molecule has 0 atom stereocenters. The molecule has 1 aliphatic heterocycles. The maximum absolute atomic E-state index is 13.5. The molecule has 1 heterocycles. The number of aryl methyl sites for hydroxylation is 2. The first-order valence-corrected chi connectivity index (χ1v) is 10.9. The highest BCUT2D eigenvalue weighted by atomic mass is 35.5. The molecule has 0 aromatic heterocycles. The van der Waals surface area contributed by atoms with Gasteiger partial charge in [-0.25, -0.2) is 4.90 Å². The van der Waals surface area contributed by atoms with Crippen molar-refractivity contribution < 1.29 is 9.59 Å². The second-order valence-electron chi connectivity index (χ2n) is 7.22. The van der Waals surface area contributed by atoms with Gasteiger partial charge in [-0.2, -0.15) is 0 Å². The van der Waals surface area contributed by atoms with Crippen LogP contribution in [0.1, 0.15) is 22.3 Å². The topological polar surface area (TPSA) is 37.4 Å². The minimum Gasteiger partial charge on any atom is -0.268 e. The van der Waals surface area contributed by atoms with Crippen molar-refractivity contribution >= 4 is 46.4 Å². The maximum atomic E-state index is 13.5. The summed E-state index contributed by atoms with van der Waals surface area (Å²) in [6, 6.07) is 22.8. The minimum absolute atomic E-state index is 0.290. The Morgan fingerprint density at radius 1 is 0.867 bits per heavy atom. The zero-order valence-corrected chi connectivity index (χ0v) is 18.3. The molecule has 0 bridgehead atoms. The van der Waals surface area contributed by atoms with Gasteiger partial charge < -0.3 is 0 Å². The molecule has 0 spiro atoms. The standard InChI is InChI=1S/C25H20ClNO2S/c1-16-8-10-19(11-9-16)22-23(30-15-18-6-4-3-5-7-18)25(29)27(24(22)28)21-13-12-20(26)14-17(21)2/h3-14H,15H2,1-2H3. The SMILES string of the molecule is Cc1ccc(C2=C(SCc3ccccc3)C(=O)N(c3ccc(Cl)cc3C)C2=O)cc1. The van der Waals surface area contributed by atoms with E-state index in [0.717, 1.165) is 22.3 Å². The summed E-state index contributed by atoms with van der Waals surface area (Å²) in [6.45, 7) is 3.84. The van der Waals surface area contributed by atoms with Crippen molar-refractivity contribution in [2.24, 2.45) is 0 Å². The summed E-state index contributed by atoms with van der Waals surface area (Å²) in [5.74, 6) is 0.0182. The third-order valence-electron chi connectivity index (χ3n) is 5.01. The van der Waals surface area contributed by atoms with E-state index >= 15 is 0 Å². The fourth-order valence-electron chi connectivity index (χ4n) is 3.44. The monoisotopic (exact) mass is 433 g/mol. The zero-order chi connectivity index (χ0) is 21.3. The molecule has 0 saturated heterocycles. The predicted molar refractivity (Wildman–Crippen MR) is 125 cm³/mol. The quantitative estimate of drug-likeness (QED) is 0.451. The van der Waals surface area contributed by atoms with Crippen LogP contribution in [0, 0.1) is 13.8 Å². The van der Waals surface area contributed by atoms with Crippen LogP contribution in [-0.2, 0) is 15.3 Å². The van der Waals surface area contributed by atoms with Gasteiger partial charge in [-0.15, -0.1) is 11.8 Å². The lowest BCUT2D eigenvalue weighted by molar-refractivity contribution is -0.119. The number of halogens is 1. The molecule has 0 N–H and O–H groups in total. The van der Waals surface area contributed by atoms with Crippen LogP contribution in [0.4, 0.5) is 5.69 Å². The highest BCUT2D eigenvalue weighted by molar-refractivity contribution is 8.03. The number of benzene rings is 3. The fraction of sp³-hybridized carbons (Fsp3) is 0.120. The number of anilines is 1. The molecule has 3 aromatic carbocycles. The molecule has 0 radical (unpaired) electrons. The van der Waals surface area contributed by atoms with E-state index in [1.807, 2.05) is 68.4 Å². The Morgan fingerprint density at radius 3 is 2.23 bits per heavy atom. The Kier molecular flexibility index (Phi) is 5.80. The van der Waals surface area contributed by atoms with E-state index in [2.05, 4.69) is 0 Å². The van der Waals surface area contributed by atoms with Gasteiger partial charge in [0.2, 0.25) is 0 Å². The van der Waals surface area contributed by atoms with E-state index in [1.54, 1.807) is 18.2 Å². The van der Waals surface area contributed by atoms with E-state index in [9.17, 15) is 9.59 Å². The van der Waals surface area contributed by atoms with Crippen molar-refractivity contribution in [3.05, 3.63) is 105 Å². The van der Waals surface area contributed by atoms with Crippen LogP contribution in [0.5, 0.6) is 0 Å². The van der Waals surface area contributed by atoms with Crippen LogP contribution in [0.3, 0.4) is 0 Å². The molecule has 150 valence electrons. The smallest absolute Gasteiger partial charge is 0.268 e. The van der Waals surface area contributed by atoms with E-state index in [-0.39, 0.29) is 11.8 Å². The highest BCUT2D eigenvalue weighted by Gasteiger charge is 2.40. The Balaban J connectivity index is 1.76. The van der Waals surface area contributed by atoms with Gasteiger partial charge in [0.25, 0.3) is 11.8 Å². The van der Waals surface area contributed by atoms with Crippen molar-refractivity contribution in [3.8, 4) is 0 Å². The molecular formula is C25H20ClNO2S. The average molecular weight is 434 g/mol. The molecule has 2 amide bonds. The van der Waals surface area contributed by atoms with Crippen LogP contribution in [0.15, 0.2) is 77.7 Å². The Bertz CT molecular complexity index is 1150. The summed E-state index contributed by atoms with van der Waals surface area (Å²) in [6.07, 6.45) is 0. The van der Waals surface area contributed by atoms with Crippen LogP contribution in [0.25, 0.3) is 5.57 Å². The summed E-state index contributed by atoms with van der Waals surface area (Å²) in [5, 5.41) is 0.570. The van der Waals surface area contributed by atoms with Crippen LogP contribution < -0.4 is 4.90 Å². The van der Waals surface area contributed by atoms with Gasteiger partial charge in [-0.1, -0.05) is 71.8 Å². The van der Waals surface area contributed by atoms with Gasteiger partial charge in [0.15, 0.2) is 0 Å². The number of nitrogens with zero attached hydrogens (tertiary/aromatic N) is 1. The van der Waals surface area contributed by atoms with Crippen molar-refractivity contribution in [1.82, 2.24) is 0 Å². The second kappa shape index (κ2) is 8.50. The summed E-state index contributed by atoms with van der Waals surface area (Å²) in [4.78, 5) is 28.6. The van der Waals surface area contributed by atoms with E-state index in [1.165, 1.54) is 16.7 Å². The van der Waals surface area contributed by atoms with E-state index in [0.29, 0.717) is 26.9 Å². The lowest BCUT2D eigenvalue weighted by atomic mass is 10.0. The summed E-state index contributed by atoms with van der Waals surface area (Å²) in [7, 11) is 0. The molecule has 0 saturated carbocycles. The fourth-order valence-corrected chi connectivity index (χ4v) is 4.73. The van der Waals surface area contributed by atoms with Gasteiger partial charge in [0.05, 0.1) is 16.2 Å². The second-order valence-corrected chi connectivity index (χ2v) is 8.64. The Morgan fingerprint density at radius 2 is 1.57 bits per heavy atom. The minimum atomic E-state index is -0.301. The van der Waals surface area contributed by atoms with E-state index < -0.39 is 0 Å². The molecule has 0 unspecified atom stereocenters. The number of hydrogen-bond donors (Lipinski definition) is 0. The lowest BCUT2D eigenvalue weighted by Gasteiger charge is -2.18. The Hall–Kier alpha value is -2.82. The van der Waals surface area contributed by atoms with Gasteiger partial charge in [0.1, 0.15) is 0 Å². The molecular weight excluding hydrogens is 414 g/mol. The molecule has 5 heteroatoms. The molecule has 0 aliphatic carbocycles. The number of rotatable bonds is 5. The van der Waals surface area contributed by atoms with Gasteiger partial charge in [-0.05, 0) is 48.7 Å². The third-order valence-corrected chi connectivity index (χ3v) is 6.39. The summed E-state index contributed by atoms with van der Waals surface area (Å²) in [5.41, 5.74) is 4.75. The van der Waals surface area contributed by atoms with Gasteiger partial charge in [0, 0.05) is 10.8 Å². The molecule has 30 heavy (non-hydrogen) atoms. The van der Waals surface area contributed by atoms with Crippen molar-refractivity contribution in [3.63, 3.8) is 0 Å². The van der Waals surface area contributed by atoms with Crippen molar-refractivity contribution in [2.75, 3.05) is 4.90 Å². The third kappa shape index (κ3) is 3.93. The number of hydrogen-bond acceptors (Lipinski definition) is 3. The molecule has 3 nitrogen and oxygen atoms in total. The number of thioether (sulfide) groups is 1. The first kappa shape index (κ1) is 20.5. The van der Waals surface area contributed by atoms with Crippen molar-refractivity contribution in [1.29, 1.82) is 0 Å². The summed E-state index contributed by atoms with van der Waals surface area (Å²) >= 11 is 7.48. The van der Waals surface area contributed by atoms with Crippen LogP contribution in [-0.4, -0.2) is 11.8 Å². The first-order chi connectivity index (χ1) is 14.5. The maximum Gasteiger partial charge on any atom is 0.272 e. The zero-order valence-electron chi connectivity index (χ0n) is 16.7. The normalized spacial score (nSPS) is 14.0. The largest absolute Gasteiger partial charge is 0.272 e. The molecule has 1 aliphatic rings. The Labute approximate surface area is 185 Å². The van der Waals surface area contributed by atoms with Gasteiger partial charge >= 0.3 is 0 Å². The summed E-state index contributed by atoms with van der Waals surface area (Å²) < 4.78 is 0.